The first-order valence-electron chi connectivity index (χ1n) is 6.03. The average Bonchev–Trinajstić information content (AvgIpc) is 2.29. The molecule has 1 heterocycles. The maximum absolute atomic E-state index is 4.27. The molecule has 1 rings (SSSR count). The molecule has 0 aliphatic heterocycles. The fourth-order valence-electron chi connectivity index (χ4n) is 1.42. The van der Waals surface area contributed by atoms with Crippen LogP contribution < -0.4 is 5.32 Å². The molecule has 0 unspecified atom stereocenters. The Kier molecular flexibility index (Phi) is 7.26. The van der Waals surface area contributed by atoms with Crippen molar-refractivity contribution in [3.63, 3.8) is 0 Å². The fraction of sp³-hybridized carbons (Fsp3) is 0.615. The SMILES string of the molecule is CC(C)CCCNCCSc1ccccn1. The van der Waals surface area contributed by atoms with Gasteiger partial charge in [-0.15, -0.1) is 11.8 Å². The zero-order valence-electron chi connectivity index (χ0n) is 10.3. The van der Waals surface area contributed by atoms with Crippen LogP contribution in [0.1, 0.15) is 26.7 Å². The highest BCUT2D eigenvalue weighted by atomic mass is 32.2. The Morgan fingerprint density at radius 3 is 2.88 bits per heavy atom. The summed E-state index contributed by atoms with van der Waals surface area (Å²) in [5.41, 5.74) is 0. The number of hydrogen-bond donors (Lipinski definition) is 1. The summed E-state index contributed by atoms with van der Waals surface area (Å²) in [6.07, 6.45) is 4.45. The maximum atomic E-state index is 4.27. The van der Waals surface area contributed by atoms with E-state index in [1.54, 1.807) is 0 Å². The minimum Gasteiger partial charge on any atom is -0.316 e. The number of nitrogens with one attached hydrogen (secondary N) is 1. The summed E-state index contributed by atoms with van der Waals surface area (Å²) in [6, 6.07) is 6.04. The van der Waals surface area contributed by atoms with Gasteiger partial charge in [0.15, 0.2) is 0 Å². The van der Waals surface area contributed by atoms with Crippen LogP contribution in [0.25, 0.3) is 0 Å². The van der Waals surface area contributed by atoms with Crippen LogP contribution in [0, 0.1) is 5.92 Å². The van der Waals surface area contributed by atoms with Crippen LogP contribution >= 0.6 is 11.8 Å². The van der Waals surface area contributed by atoms with Gasteiger partial charge in [-0.2, -0.15) is 0 Å². The van der Waals surface area contributed by atoms with Crippen molar-refractivity contribution in [1.29, 1.82) is 0 Å². The molecule has 16 heavy (non-hydrogen) atoms. The van der Waals surface area contributed by atoms with Gasteiger partial charge in [-0.25, -0.2) is 4.98 Å². The summed E-state index contributed by atoms with van der Waals surface area (Å²) >= 11 is 1.81. The number of hydrogen-bond acceptors (Lipinski definition) is 3. The lowest BCUT2D eigenvalue weighted by Crippen LogP contribution is -2.18. The number of rotatable bonds is 8. The van der Waals surface area contributed by atoms with Crippen LogP contribution in [0.15, 0.2) is 29.4 Å². The van der Waals surface area contributed by atoms with Crippen LogP contribution in [0.2, 0.25) is 0 Å². The van der Waals surface area contributed by atoms with Crippen molar-refractivity contribution in [2.24, 2.45) is 5.92 Å². The maximum Gasteiger partial charge on any atom is 0.0960 e. The van der Waals surface area contributed by atoms with E-state index < -0.39 is 0 Å². The zero-order chi connectivity index (χ0) is 11.6. The number of thioether (sulfide) groups is 1. The van der Waals surface area contributed by atoms with Gasteiger partial charge in [0.1, 0.15) is 0 Å². The predicted octanol–water partition coefficient (Wildman–Crippen LogP) is 3.20. The quantitative estimate of drug-likeness (QED) is 0.556. The largest absolute Gasteiger partial charge is 0.316 e. The summed E-state index contributed by atoms with van der Waals surface area (Å²) in [4.78, 5) is 4.27. The lowest BCUT2D eigenvalue weighted by Gasteiger charge is -2.06. The van der Waals surface area contributed by atoms with Crippen LogP contribution in [0.4, 0.5) is 0 Å². The van der Waals surface area contributed by atoms with Crippen molar-refractivity contribution in [2.45, 2.75) is 31.7 Å². The Morgan fingerprint density at radius 1 is 1.31 bits per heavy atom. The standard InChI is InChI=1S/C13H22N2S/c1-12(2)6-5-8-14-10-11-16-13-7-3-4-9-15-13/h3-4,7,9,12,14H,5-6,8,10-11H2,1-2H3. The van der Waals surface area contributed by atoms with Crippen LogP contribution in [0.3, 0.4) is 0 Å². The Balaban J connectivity index is 1.93. The third kappa shape index (κ3) is 6.85. The first-order valence-corrected chi connectivity index (χ1v) is 7.02. The second kappa shape index (κ2) is 8.59. The molecule has 3 heteroatoms. The van der Waals surface area contributed by atoms with Gasteiger partial charge in [0.05, 0.1) is 5.03 Å². The van der Waals surface area contributed by atoms with Gasteiger partial charge in [0.2, 0.25) is 0 Å². The van der Waals surface area contributed by atoms with E-state index in [-0.39, 0.29) is 0 Å². The van der Waals surface area contributed by atoms with Gasteiger partial charge in [-0.1, -0.05) is 19.9 Å². The molecule has 0 radical (unpaired) electrons. The Hall–Kier alpha value is -0.540. The molecule has 0 atom stereocenters. The minimum absolute atomic E-state index is 0.824. The van der Waals surface area contributed by atoms with Gasteiger partial charge in [-0.05, 0) is 37.4 Å². The molecule has 2 nitrogen and oxygen atoms in total. The molecule has 90 valence electrons. The summed E-state index contributed by atoms with van der Waals surface area (Å²) < 4.78 is 0. The van der Waals surface area contributed by atoms with Crippen molar-refractivity contribution in [1.82, 2.24) is 10.3 Å². The molecule has 0 aromatic carbocycles. The molecule has 1 N–H and O–H groups in total. The van der Waals surface area contributed by atoms with E-state index >= 15 is 0 Å². The van der Waals surface area contributed by atoms with E-state index in [0.717, 1.165) is 29.8 Å². The monoisotopic (exact) mass is 238 g/mol. The summed E-state index contributed by atoms with van der Waals surface area (Å²) in [5, 5.41) is 4.58. The molecule has 0 saturated heterocycles. The second-order valence-corrected chi connectivity index (χ2v) is 5.42. The second-order valence-electron chi connectivity index (χ2n) is 4.30. The van der Waals surface area contributed by atoms with E-state index in [9.17, 15) is 0 Å². The Labute approximate surface area is 103 Å². The van der Waals surface area contributed by atoms with E-state index in [0.29, 0.717) is 0 Å². The third-order valence-corrected chi connectivity index (χ3v) is 3.25. The third-order valence-electron chi connectivity index (χ3n) is 2.30. The van der Waals surface area contributed by atoms with Crippen LogP contribution in [-0.4, -0.2) is 23.8 Å². The van der Waals surface area contributed by atoms with E-state index in [4.69, 9.17) is 0 Å². The highest BCUT2D eigenvalue weighted by Gasteiger charge is 1.95. The highest BCUT2D eigenvalue weighted by Crippen LogP contribution is 2.12. The summed E-state index contributed by atoms with van der Waals surface area (Å²) in [5.74, 6) is 1.92. The normalized spacial score (nSPS) is 10.9. The average molecular weight is 238 g/mol. The number of pyridine rings is 1. The zero-order valence-corrected chi connectivity index (χ0v) is 11.1. The highest BCUT2D eigenvalue weighted by molar-refractivity contribution is 7.99. The fourth-order valence-corrected chi connectivity index (χ4v) is 2.19. The molecule has 0 saturated carbocycles. The first kappa shape index (κ1) is 13.5. The Bertz CT molecular complexity index is 262. The molecule has 0 aliphatic carbocycles. The molecule has 0 amide bonds. The van der Waals surface area contributed by atoms with Crippen molar-refractivity contribution in [3.8, 4) is 0 Å². The van der Waals surface area contributed by atoms with E-state index in [1.807, 2.05) is 30.1 Å². The molecule has 0 fully saturated rings. The number of nitrogens with zero attached hydrogens (tertiary/aromatic N) is 1. The first-order chi connectivity index (χ1) is 7.79. The van der Waals surface area contributed by atoms with E-state index in [2.05, 4.69) is 30.2 Å². The van der Waals surface area contributed by atoms with Crippen molar-refractivity contribution < 1.29 is 0 Å². The van der Waals surface area contributed by atoms with Gasteiger partial charge in [0.25, 0.3) is 0 Å². The summed E-state index contributed by atoms with van der Waals surface area (Å²) in [7, 11) is 0. The van der Waals surface area contributed by atoms with Gasteiger partial charge >= 0.3 is 0 Å². The molecular formula is C13H22N2S. The van der Waals surface area contributed by atoms with Crippen molar-refractivity contribution in [2.75, 3.05) is 18.8 Å². The van der Waals surface area contributed by atoms with Gasteiger partial charge < -0.3 is 5.32 Å². The van der Waals surface area contributed by atoms with Crippen LogP contribution in [-0.2, 0) is 0 Å². The molecule has 0 spiro atoms. The molecule has 1 aromatic heterocycles. The Morgan fingerprint density at radius 2 is 2.19 bits per heavy atom. The lowest BCUT2D eigenvalue weighted by atomic mass is 10.1. The van der Waals surface area contributed by atoms with Gasteiger partial charge in [0, 0.05) is 18.5 Å². The van der Waals surface area contributed by atoms with Crippen molar-refractivity contribution in [3.05, 3.63) is 24.4 Å². The topological polar surface area (TPSA) is 24.9 Å². The predicted molar refractivity (Wildman–Crippen MR) is 71.9 cm³/mol. The minimum atomic E-state index is 0.824. The van der Waals surface area contributed by atoms with Crippen molar-refractivity contribution >= 4 is 11.8 Å². The van der Waals surface area contributed by atoms with Gasteiger partial charge in [-0.3, -0.25) is 0 Å². The molecule has 1 aromatic rings. The van der Waals surface area contributed by atoms with Crippen LogP contribution in [0.5, 0.6) is 0 Å². The number of aromatic nitrogens is 1. The summed E-state index contributed by atoms with van der Waals surface area (Å²) in [6.45, 7) is 6.76. The smallest absolute Gasteiger partial charge is 0.0960 e. The molecular weight excluding hydrogens is 216 g/mol. The molecule has 0 bridgehead atoms. The lowest BCUT2D eigenvalue weighted by molar-refractivity contribution is 0.534. The van der Waals surface area contributed by atoms with E-state index in [1.165, 1.54) is 12.8 Å². The molecule has 0 aliphatic rings.